The van der Waals surface area contributed by atoms with Crippen LogP contribution in [0, 0.1) is 0 Å². The number of aliphatic hydroxyl groups is 1. The molecule has 0 radical (unpaired) electrons. The van der Waals surface area contributed by atoms with Crippen LogP contribution >= 0.6 is 0 Å². The van der Waals surface area contributed by atoms with Gasteiger partial charge in [0.1, 0.15) is 0 Å². The summed E-state index contributed by atoms with van der Waals surface area (Å²) < 4.78 is 0. The first-order chi connectivity index (χ1) is 6.75. The lowest BCUT2D eigenvalue weighted by Gasteiger charge is -2.21. The first-order valence-corrected chi connectivity index (χ1v) is 5.46. The van der Waals surface area contributed by atoms with Crippen LogP contribution in [-0.4, -0.2) is 28.7 Å². The second-order valence-electron chi connectivity index (χ2n) is 4.08. The molecule has 1 aliphatic heterocycles. The van der Waals surface area contributed by atoms with E-state index in [2.05, 4.69) is 0 Å². The summed E-state index contributed by atoms with van der Waals surface area (Å²) >= 11 is 0. The summed E-state index contributed by atoms with van der Waals surface area (Å²) in [5.74, 6) is 0.0778. The van der Waals surface area contributed by atoms with Crippen LogP contribution in [0.5, 0.6) is 0 Å². The molecule has 0 fully saturated rings. The third kappa shape index (κ3) is 1.36. The molecule has 1 unspecified atom stereocenters. The fourth-order valence-corrected chi connectivity index (χ4v) is 2.40. The maximum absolute atomic E-state index is 11.8. The highest BCUT2D eigenvalue weighted by molar-refractivity contribution is 5.97. The molecule has 2 rings (SSSR count). The van der Waals surface area contributed by atoms with Crippen molar-refractivity contribution in [3.8, 4) is 0 Å². The summed E-state index contributed by atoms with van der Waals surface area (Å²) in [7, 11) is 0. The highest BCUT2D eigenvalue weighted by atomic mass is 16.3. The average Bonchev–Trinajstić information content (AvgIpc) is 2.45. The third-order valence-electron chi connectivity index (χ3n) is 3.10. The van der Waals surface area contributed by atoms with Crippen LogP contribution in [-0.2, 0) is 4.79 Å². The molecule has 0 bridgehead atoms. The minimum atomic E-state index is -0.613. The van der Waals surface area contributed by atoms with Gasteiger partial charge in [-0.2, -0.15) is 0 Å². The third-order valence-corrected chi connectivity index (χ3v) is 3.10. The van der Waals surface area contributed by atoms with Crippen molar-refractivity contribution in [3.05, 3.63) is 11.1 Å². The minimum absolute atomic E-state index is 0.0778. The van der Waals surface area contributed by atoms with Crippen LogP contribution in [0.3, 0.4) is 0 Å². The Morgan fingerprint density at radius 3 is 2.79 bits per heavy atom. The summed E-state index contributed by atoms with van der Waals surface area (Å²) in [6, 6.07) is 0. The van der Waals surface area contributed by atoms with Gasteiger partial charge in [-0.15, -0.1) is 0 Å². The average molecular weight is 195 g/mol. The second kappa shape index (κ2) is 3.73. The number of amides is 1. The van der Waals surface area contributed by atoms with Gasteiger partial charge >= 0.3 is 0 Å². The van der Waals surface area contributed by atoms with Crippen molar-refractivity contribution in [3.63, 3.8) is 0 Å². The molecule has 0 aromatic rings. The molecule has 1 amide bonds. The first kappa shape index (κ1) is 9.71. The number of aliphatic hydroxyl groups excluding tert-OH is 1. The van der Waals surface area contributed by atoms with Crippen LogP contribution in [0.2, 0.25) is 0 Å². The molecule has 0 aromatic heterocycles. The van der Waals surface area contributed by atoms with E-state index in [1.807, 2.05) is 6.92 Å². The molecule has 3 heteroatoms. The van der Waals surface area contributed by atoms with Gasteiger partial charge in [0, 0.05) is 12.1 Å². The highest BCUT2D eigenvalue weighted by Crippen LogP contribution is 2.35. The van der Waals surface area contributed by atoms with Gasteiger partial charge in [-0.3, -0.25) is 4.79 Å². The molecular formula is C11H17NO2. The van der Waals surface area contributed by atoms with Gasteiger partial charge in [0.05, 0.1) is 0 Å². The Bertz CT molecular complexity index is 283. The van der Waals surface area contributed by atoms with E-state index < -0.39 is 6.23 Å². The summed E-state index contributed by atoms with van der Waals surface area (Å²) in [5.41, 5.74) is 1.90. The van der Waals surface area contributed by atoms with Crippen molar-refractivity contribution in [1.82, 2.24) is 4.90 Å². The molecule has 0 spiro atoms. The maximum atomic E-state index is 11.8. The number of hydrogen-bond donors (Lipinski definition) is 1. The lowest BCUT2D eigenvalue weighted by molar-refractivity contribution is -0.131. The van der Waals surface area contributed by atoms with Crippen molar-refractivity contribution in [2.75, 3.05) is 6.54 Å². The van der Waals surface area contributed by atoms with Crippen molar-refractivity contribution >= 4 is 5.91 Å². The summed E-state index contributed by atoms with van der Waals surface area (Å²) in [6.45, 7) is 2.70. The molecule has 1 aliphatic carbocycles. The fraction of sp³-hybridized carbons (Fsp3) is 0.727. The Hall–Kier alpha value is -0.830. The van der Waals surface area contributed by atoms with Crippen LogP contribution in [0.1, 0.15) is 39.0 Å². The zero-order valence-corrected chi connectivity index (χ0v) is 8.62. The van der Waals surface area contributed by atoms with Gasteiger partial charge in [0.25, 0.3) is 5.91 Å². The zero-order valence-electron chi connectivity index (χ0n) is 8.62. The second-order valence-corrected chi connectivity index (χ2v) is 4.08. The molecule has 2 aliphatic rings. The zero-order chi connectivity index (χ0) is 10.1. The summed E-state index contributed by atoms with van der Waals surface area (Å²) in [4.78, 5) is 13.5. The summed E-state index contributed by atoms with van der Waals surface area (Å²) in [5, 5.41) is 9.93. The largest absolute Gasteiger partial charge is 0.369 e. The predicted octanol–water partition coefficient (Wildman–Crippen LogP) is 1.43. The SMILES string of the molecule is CCCN1C(=O)C2=C(CCCC2)C1O. The first-order valence-electron chi connectivity index (χ1n) is 5.46. The summed E-state index contributed by atoms with van der Waals surface area (Å²) in [6.07, 6.45) is 4.27. The standard InChI is InChI=1S/C11H17NO2/c1-2-7-12-10(13)8-5-3-4-6-9(8)11(12)14/h10,13H,2-7H2,1H3. The molecule has 1 atom stereocenters. The number of carbonyl (C=O) groups excluding carboxylic acids is 1. The van der Waals surface area contributed by atoms with E-state index in [4.69, 9.17) is 0 Å². The van der Waals surface area contributed by atoms with E-state index in [0.29, 0.717) is 6.54 Å². The highest BCUT2D eigenvalue weighted by Gasteiger charge is 2.37. The molecule has 14 heavy (non-hydrogen) atoms. The number of carbonyl (C=O) groups is 1. The van der Waals surface area contributed by atoms with Crippen LogP contribution < -0.4 is 0 Å². The number of nitrogens with zero attached hydrogens (tertiary/aromatic N) is 1. The van der Waals surface area contributed by atoms with Crippen molar-refractivity contribution in [2.24, 2.45) is 0 Å². The van der Waals surface area contributed by atoms with E-state index in [1.165, 1.54) is 0 Å². The van der Waals surface area contributed by atoms with E-state index >= 15 is 0 Å². The van der Waals surface area contributed by atoms with Gasteiger partial charge in [-0.1, -0.05) is 6.92 Å². The molecule has 3 nitrogen and oxygen atoms in total. The molecule has 0 saturated heterocycles. The molecule has 0 saturated carbocycles. The van der Waals surface area contributed by atoms with Crippen LogP contribution in [0.4, 0.5) is 0 Å². The smallest absolute Gasteiger partial charge is 0.252 e. The molecule has 78 valence electrons. The minimum Gasteiger partial charge on any atom is -0.369 e. The molecular weight excluding hydrogens is 178 g/mol. The Balaban J connectivity index is 2.21. The lowest BCUT2D eigenvalue weighted by atomic mass is 9.93. The van der Waals surface area contributed by atoms with E-state index in [1.54, 1.807) is 4.90 Å². The van der Waals surface area contributed by atoms with Gasteiger partial charge in [0.15, 0.2) is 6.23 Å². The molecule has 1 N–H and O–H groups in total. The predicted molar refractivity (Wildman–Crippen MR) is 53.5 cm³/mol. The van der Waals surface area contributed by atoms with Gasteiger partial charge in [-0.05, 0) is 37.7 Å². The van der Waals surface area contributed by atoms with E-state index in [9.17, 15) is 9.90 Å². The maximum Gasteiger partial charge on any atom is 0.252 e. The Morgan fingerprint density at radius 1 is 1.43 bits per heavy atom. The lowest BCUT2D eigenvalue weighted by Crippen LogP contribution is -2.35. The Labute approximate surface area is 84.4 Å². The Morgan fingerprint density at radius 2 is 2.14 bits per heavy atom. The van der Waals surface area contributed by atoms with Gasteiger partial charge in [0.2, 0.25) is 0 Å². The van der Waals surface area contributed by atoms with Gasteiger partial charge < -0.3 is 10.0 Å². The number of hydrogen-bond acceptors (Lipinski definition) is 2. The topological polar surface area (TPSA) is 40.5 Å². The quantitative estimate of drug-likeness (QED) is 0.724. The van der Waals surface area contributed by atoms with Crippen LogP contribution in [0.25, 0.3) is 0 Å². The number of rotatable bonds is 2. The monoisotopic (exact) mass is 195 g/mol. The molecule has 0 aromatic carbocycles. The van der Waals surface area contributed by atoms with Crippen molar-refractivity contribution in [1.29, 1.82) is 0 Å². The Kier molecular flexibility index (Phi) is 2.59. The van der Waals surface area contributed by atoms with Crippen LogP contribution in [0.15, 0.2) is 11.1 Å². The van der Waals surface area contributed by atoms with E-state index in [-0.39, 0.29) is 5.91 Å². The van der Waals surface area contributed by atoms with E-state index in [0.717, 1.165) is 43.3 Å². The normalized spacial score (nSPS) is 27.1. The van der Waals surface area contributed by atoms with Gasteiger partial charge in [-0.25, -0.2) is 0 Å². The van der Waals surface area contributed by atoms with Crippen molar-refractivity contribution < 1.29 is 9.90 Å². The molecule has 1 heterocycles. The fourth-order valence-electron chi connectivity index (χ4n) is 2.40. The van der Waals surface area contributed by atoms with Crippen molar-refractivity contribution in [2.45, 2.75) is 45.3 Å².